The van der Waals surface area contributed by atoms with E-state index in [1.165, 1.54) is 122 Å². The molecule has 0 aromatic rings. The van der Waals surface area contributed by atoms with Crippen LogP contribution >= 0.6 is 15.6 Å². The van der Waals surface area contributed by atoms with Crippen molar-refractivity contribution in [1.29, 1.82) is 0 Å². The number of aliphatic hydroxyl groups is 1. The van der Waals surface area contributed by atoms with E-state index in [0.29, 0.717) is 44.9 Å². The number of ether oxygens (including phenoxy) is 4. The first-order valence-corrected chi connectivity index (χ1v) is 44.7. The first kappa shape index (κ1) is 103. The summed E-state index contributed by atoms with van der Waals surface area (Å²) >= 11 is 0. The van der Waals surface area contributed by atoms with Crippen LogP contribution in [0.3, 0.4) is 0 Å². The third-order valence-corrected chi connectivity index (χ3v) is 18.9. The summed E-state index contributed by atoms with van der Waals surface area (Å²) in [6, 6.07) is 0. The molecule has 0 bridgehead atoms. The minimum Gasteiger partial charge on any atom is -0.462 e. The number of carbonyl (C=O) groups excluding carboxylic acids is 4. The molecule has 0 spiro atoms. The predicted octanol–water partition coefficient (Wildman–Crippen LogP) is 24.8. The van der Waals surface area contributed by atoms with E-state index in [9.17, 15) is 43.2 Å². The first-order chi connectivity index (χ1) is 52.7. The number of hydrogen-bond donors (Lipinski definition) is 3. The lowest BCUT2D eigenvalue weighted by atomic mass is 10.0. The Morgan fingerprint density at radius 1 is 0.259 bits per heavy atom. The average Bonchev–Trinajstić information content (AvgIpc) is 0.907. The molecule has 5 atom stereocenters. The van der Waals surface area contributed by atoms with Gasteiger partial charge in [0.1, 0.15) is 19.3 Å². The van der Waals surface area contributed by atoms with Crippen molar-refractivity contribution in [2.24, 2.45) is 0 Å². The highest BCUT2D eigenvalue weighted by Crippen LogP contribution is 2.45. The van der Waals surface area contributed by atoms with Gasteiger partial charge in [-0.2, -0.15) is 0 Å². The fourth-order valence-electron chi connectivity index (χ4n) is 10.6. The molecule has 616 valence electrons. The molecule has 0 aromatic carbocycles. The zero-order valence-electron chi connectivity index (χ0n) is 67.5. The lowest BCUT2D eigenvalue weighted by Crippen LogP contribution is -2.30. The third-order valence-electron chi connectivity index (χ3n) is 17.0. The van der Waals surface area contributed by atoms with Crippen molar-refractivity contribution in [3.63, 3.8) is 0 Å². The van der Waals surface area contributed by atoms with E-state index in [4.69, 9.17) is 37.0 Å². The molecule has 0 aliphatic heterocycles. The van der Waals surface area contributed by atoms with Crippen molar-refractivity contribution < 1.29 is 80.2 Å². The number of esters is 4. The van der Waals surface area contributed by atoms with Gasteiger partial charge in [0.15, 0.2) is 12.2 Å². The molecular weight excluding hydrogens is 1400 g/mol. The predicted molar refractivity (Wildman–Crippen MR) is 445 cm³/mol. The van der Waals surface area contributed by atoms with Crippen LogP contribution in [0.5, 0.6) is 0 Å². The Bertz CT molecular complexity index is 2660. The largest absolute Gasteiger partial charge is 0.472 e. The fraction of sp³-hybridized carbons (Fsp3) is 0.663. The SMILES string of the molecule is CCCCC/C=C\C/C=C\C/C=C\C/C=C\C/C=C\CCC(=O)O[C@H](COC(=O)CCCCCCCCCCCCCCCCC)COP(=O)(O)OC[C@H](O)COP(=O)(O)OC[C@@H](COC(=O)CCC/C=C\C/C=C\C/C=C\C/C=C\CCCCC)OC(=O)CCC/C=C\C/C=C\C/C=C\C/C=C\CCCCC. The minimum absolute atomic E-state index is 0.000799. The molecule has 17 nitrogen and oxygen atoms in total. The van der Waals surface area contributed by atoms with Gasteiger partial charge in [-0.25, -0.2) is 9.13 Å². The van der Waals surface area contributed by atoms with Crippen LogP contribution < -0.4 is 0 Å². The summed E-state index contributed by atoms with van der Waals surface area (Å²) < 4.78 is 68.5. The zero-order chi connectivity index (χ0) is 78.9. The number of hydrogen-bond acceptors (Lipinski definition) is 15. The molecule has 0 heterocycles. The van der Waals surface area contributed by atoms with Crippen LogP contribution in [0.4, 0.5) is 0 Å². The van der Waals surface area contributed by atoms with Gasteiger partial charge >= 0.3 is 39.5 Å². The second kappa shape index (κ2) is 79.8. The van der Waals surface area contributed by atoms with E-state index in [0.717, 1.165) is 103 Å². The highest BCUT2D eigenvalue weighted by atomic mass is 31.2. The van der Waals surface area contributed by atoms with Crippen molar-refractivity contribution in [3.05, 3.63) is 158 Å². The molecule has 0 fully saturated rings. The van der Waals surface area contributed by atoms with Crippen LogP contribution in [-0.4, -0.2) is 96.7 Å². The van der Waals surface area contributed by atoms with Crippen LogP contribution in [0.15, 0.2) is 158 Å². The number of phosphoric ester groups is 2. The quantitative estimate of drug-likeness (QED) is 0.0169. The molecule has 2 unspecified atom stereocenters. The van der Waals surface area contributed by atoms with Gasteiger partial charge in [0.05, 0.1) is 26.4 Å². The van der Waals surface area contributed by atoms with Crippen molar-refractivity contribution >= 4 is 39.5 Å². The molecule has 0 amide bonds. The van der Waals surface area contributed by atoms with Crippen molar-refractivity contribution in [2.75, 3.05) is 39.6 Å². The maximum atomic E-state index is 13.1. The summed E-state index contributed by atoms with van der Waals surface area (Å²) in [6.07, 6.45) is 93.9. The van der Waals surface area contributed by atoms with Crippen LogP contribution in [0, 0.1) is 0 Å². The van der Waals surface area contributed by atoms with Crippen LogP contribution in [0.1, 0.15) is 323 Å². The molecule has 0 rings (SSSR count). The van der Waals surface area contributed by atoms with Crippen LogP contribution in [0.25, 0.3) is 0 Å². The van der Waals surface area contributed by atoms with E-state index in [1.807, 2.05) is 42.5 Å². The number of phosphoric acid groups is 2. The maximum Gasteiger partial charge on any atom is 0.472 e. The summed E-state index contributed by atoms with van der Waals surface area (Å²) in [5.74, 6) is -2.40. The topological polar surface area (TPSA) is 237 Å². The Kier molecular flexibility index (Phi) is 75.8. The van der Waals surface area contributed by atoms with Gasteiger partial charge in [-0.05, 0) is 141 Å². The fourth-order valence-corrected chi connectivity index (χ4v) is 12.2. The molecule has 19 heteroatoms. The van der Waals surface area contributed by atoms with E-state index >= 15 is 0 Å². The molecule has 0 saturated heterocycles. The monoisotopic (exact) mass is 1550 g/mol. The Balaban J connectivity index is 5.54. The first-order valence-electron chi connectivity index (χ1n) is 41.7. The molecular formula is C89H148O17P2. The molecule has 3 N–H and O–H groups in total. The van der Waals surface area contributed by atoms with Crippen LogP contribution in [0.2, 0.25) is 0 Å². The Morgan fingerprint density at radius 2 is 0.481 bits per heavy atom. The van der Waals surface area contributed by atoms with Gasteiger partial charge in [0.25, 0.3) is 0 Å². The average molecular weight is 1550 g/mol. The van der Waals surface area contributed by atoms with Crippen molar-refractivity contribution in [2.45, 2.75) is 341 Å². The second-order valence-electron chi connectivity index (χ2n) is 27.4. The standard InChI is InChI=1S/C89H148O17P2/c1-5-9-13-17-21-25-29-33-37-40-41-44-48-52-56-60-64-68-72-76-89(94)106-84(79-99-86(91)73-69-65-61-57-53-49-45-36-32-28-24-20-16-12-8-4)81-103-107(95,96)101-77-83(90)78-102-108(97,98)104-82-85(105-88(93)75-71-67-63-59-55-51-47-43-39-35-31-27-23-19-15-11-7-3)80-100-87(92)74-70-66-62-58-54-50-46-42-38-34-30-26-22-18-14-10-6-2/h21-23,25-27,33-35,37-39,41,44,46-47,50-52,56,58-59,62-64,68,83-85,90H,5-20,24,28-32,36,40,42-43,45,48-49,53-55,57,60-61,65-67,69-82H2,1-4H3,(H,95,96)(H,97,98)/b25-21-,26-22-,27-23-,37-33-,38-34-,39-35-,44-41-,50-46-,51-47-,56-52-,62-58-,63-59-,68-64-/t83-,84+,85+/m0/s1. The summed E-state index contributed by atoms with van der Waals surface area (Å²) in [5.41, 5.74) is 0. The lowest BCUT2D eigenvalue weighted by Gasteiger charge is -2.21. The van der Waals surface area contributed by atoms with E-state index in [1.54, 1.807) is 0 Å². The molecule has 0 saturated carbocycles. The second-order valence-corrected chi connectivity index (χ2v) is 30.3. The number of unbranched alkanes of at least 4 members (excludes halogenated alkanes) is 25. The highest BCUT2D eigenvalue weighted by molar-refractivity contribution is 7.47. The number of allylic oxidation sites excluding steroid dienone is 26. The minimum atomic E-state index is -5.02. The van der Waals surface area contributed by atoms with Gasteiger partial charge in [0, 0.05) is 25.7 Å². The molecule has 108 heavy (non-hydrogen) atoms. The van der Waals surface area contributed by atoms with Crippen molar-refractivity contribution in [3.8, 4) is 0 Å². The Hall–Kier alpha value is -5.32. The maximum absolute atomic E-state index is 13.1. The van der Waals surface area contributed by atoms with E-state index in [-0.39, 0.29) is 25.7 Å². The summed E-state index contributed by atoms with van der Waals surface area (Å²) in [7, 11) is -10.0. The summed E-state index contributed by atoms with van der Waals surface area (Å²) in [4.78, 5) is 73.1. The van der Waals surface area contributed by atoms with E-state index in [2.05, 4.69) is 143 Å². The summed E-state index contributed by atoms with van der Waals surface area (Å²) in [5, 5.41) is 10.7. The molecule has 0 aliphatic rings. The van der Waals surface area contributed by atoms with Crippen LogP contribution in [-0.2, 0) is 65.4 Å². The van der Waals surface area contributed by atoms with Crippen molar-refractivity contribution in [1.82, 2.24) is 0 Å². The molecule has 0 aliphatic carbocycles. The Morgan fingerprint density at radius 3 is 0.787 bits per heavy atom. The Labute approximate surface area is 655 Å². The lowest BCUT2D eigenvalue weighted by molar-refractivity contribution is -0.161. The number of aliphatic hydroxyl groups excluding tert-OH is 1. The third kappa shape index (κ3) is 78.8. The van der Waals surface area contributed by atoms with E-state index < -0.39 is 97.5 Å². The van der Waals surface area contributed by atoms with Gasteiger partial charge in [-0.3, -0.25) is 37.3 Å². The van der Waals surface area contributed by atoms with Gasteiger partial charge in [0.2, 0.25) is 0 Å². The van der Waals surface area contributed by atoms with Gasteiger partial charge < -0.3 is 33.8 Å². The normalized spacial score (nSPS) is 14.6. The van der Waals surface area contributed by atoms with Gasteiger partial charge in [-0.1, -0.05) is 314 Å². The zero-order valence-corrected chi connectivity index (χ0v) is 69.3. The molecule has 0 radical (unpaired) electrons. The number of carbonyl (C=O) groups is 4. The smallest absolute Gasteiger partial charge is 0.462 e. The number of rotatable bonds is 77. The van der Waals surface area contributed by atoms with Gasteiger partial charge in [-0.15, -0.1) is 0 Å². The summed E-state index contributed by atoms with van der Waals surface area (Å²) in [6.45, 7) is 4.60. The highest BCUT2D eigenvalue weighted by Gasteiger charge is 2.30. The molecule has 0 aromatic heterocycles.